The molecule has 2 aliphatic rings. The average Bonchev–Trinajstić information content (AvgIpc) is 3.02. The Labute approximate surface area is 187 Å². The molecule has 6 heteroatoms. The van der Waals surface area contributed by atoms with E-state index in [-0.39, 0.29) is 0 Å². The molecule has 0 aromatic carbocycles. The van der Waals surface area contributed by atoms with Crippen LogP contribution >= 0.6 is 11.3 Å². The van der Waals surface area contributed by atoms with Gasteiger partial charge in [0.2, 0.25) is 0 Å². The van der Waals surface area contributed by atoms with Crippen molar-refractivity contribution in [1.82, 2.24) is 4.98 Å². The lowest BCUT2D eigenvalue weighted by Crippen LogP contribution is -2.29. The molecule has 0 fully saturated rings. The van der Waals surface area contributed by atoms with Crippen LogP contribution in [0.5, 0.6) is 0 Å². The Balaban J connectivity index is 2.08. The largest absolute Gasteiger partial charge is 0.479 e. The number of fused-ring (bicyclic) bond motifs is 3. The van der Waals surface area contributed by atoms with Gasteiger partial charge in [-0.25, -0.2) is 9.78 Å². The molecule has 0 bridgehead atoms. The minimum Gasteiger partial charge on any atom is -0.479 e. The Hall–Kier alpha value is -2.02. The molecule has 31 heavy (non-hydrogen) atoms. The zero-order valence-corrected chi connectivity index (χ0v) is 19.7. The van der Waals surface area contributed by atoms with E-state index < -0.39 is 23.8 Å². The van der Waals surface area contributed by atoms with Crippen molar-refractivity contribution in [2.75, 3.05) is 0 Å². The Morgan fingerprint density at radius 2 is 1.94 bits per heavy atom. The summed E-state index contributed by atoms with van der Waals surface area (Å²) in [5.74, 6) is -1.04. The molecule has 2 atom stereocenters. The van der Waals surface area contributed by atoms with Crippen LogP contribution in [0.25, 0.3) is 15.8 Å². The Morgan fingerprint density at radius 1 is 1.23 bits per heavy atom. The van der Waals surface area contributed by atoms with E-state index in [4.69, 9.17) is 9.72 Å². The van der Waals surface area contributed by atoms with Crippen LogP contribution in [0.4, 0.5) is 0 Å². The number of aromatic nitrogens is 1. The summed E-state index contributed by atoms with van der Waals surface area (Å²) in [6.45, 7) is 9.43. The number of carboxylic acids is 1. The van der Waals surface area contributed by atoms with Gasteiger partial charge in [-0.05, 0) is 83.4 Å². The second-order valence-corrected chi connectivity index (χ2v) is 10.8. The van der Waals surface area contributed by atoms with Crippen molar-refractivity contribution in [3.05, 3.63) is 45.0 Å². The predicted octanol–water partition coefficient (Wildman–Crippen LogP) is 5.52. The van der Waals surface area contributed by atoms with Gasteiger partial charge in [-0.3, -0.25) is 0 Å². The first kappa shape index (κ1) is 22.2. The molecule has 5 nitrogen and oxygen atoms in total. The fraction of sp³-hybridized carbons (Fsp3) is 0.520. The second kappa shape index (κ2) is 8.15. The fourth-order valence-electron chi connectivity index (χ4n) is 4.70. The quantitative estimate of drug-likeness (QED) is 0.653. The van der Waals surface area contributed by atoms with E-state index in [2.05, 4.69) is 0 Å². The fourth-order valence-corrected chi connectivity index (χ4v) is 6.02. The number of aliphatic hydroxyl groups excluding tert-OH is 1. The summed E-state index contributed by atoms with van der Waals surface area (Å²) in [4.78, 5) is 19.6. The van der Waals surface area contributed by atoms with E-state index in [1.54, 1.807) is 11.3 Å². The first-order valence-corrected chi connectivity index (χ1v) is 11.8. The van der Waals surface area contributed by atoms with Crippen molar-refractivity contribution in [2.45, 2.75) is 84.5 Å². The van der Waals surface area contributed by atoms with E-state index in [0.29, 0.717) is 17.7 Å². The number of nitrogens with zero attached hydrogens (tertiary/aromatic N) is 1. The topological polar surface area (TPSA) is 79.7 Å². The number of pyridine rings is 1. The van der Waals surface area contributed by atoms with Gasteiger partial charge in [0, 0.05) is 21.5 Å². The molecule has 2 aromatic heterocycles. The van der Waals surface area contributed by atoms with Crippen LogP contribution in [0.2, 0.25) is 0 Å². The lowest BCUT2D eigenvalue weighted by atomic mass is 9.83. The van der Waals surface area contributed by atoms with Gasteiger partial charge in [0.1, 0.15) is 4.83 Å². The first-order chi connectivity index (χ1) is 14.6. The van der Waals surface area contributed by atoms with Gasteiger partial charge in [0.05, 0.1) is 11.7 Å². The van der Waals surface area contributed by atoms with Gasteiger partial charge in [0.25, 0.3) is 0 Å². The highest BCUT2D eigenvalue weighted by Crippen LogP contribution is 2.45. The number of thiophene rings is 1. The standard InChI is InChI=1S/C25H31NO4S/c1-13-10-11-15(17(27)12-13)20-19(22(24(28)29)30-25(3,4)5)14(2)26-23-21(20)16-8-6-7-9-18(16)31-23/h10-11,17,22,27H,6-9,12H2,1-5H3,(H,28,29)/t17-,22+/m1/s1. The van der Waals surface area contributed by atoms with Crippen molar-refractivity contribution in [3.8, 4) is 0 Å². The first-order valence-electron chi connectivity index (χ1n) is 11.0. The molecule has 0 spiro atoms. The number of hydrogen-bond acceptors (Lipinski definition) is 5. The third-order valence-electron chi connectivity index (χ3n) is 6.00. The summed E-state index contributed by atoms with van der Waals surface area (Å²) >= 11 is 1.71. The highest BCUT2D eigenvalue weighted by atomic mass is 32.1. The second-order valence-electron chi connectivity index (χ2n) is 9.68. The van der Waals surface area contributed by atoms with Gasteiger partial charge in [-0.2, -0.15) is 0 Å². The highest BCUT2D eigenvalue weighted by Gasteiger charge is 2.35. The van der Waals surface area contributed by atoms with Crippen LogP contribution in [-0.2, 0) is 22.4 Å². The number of aryl methyl sites for hydroxylation is 3. The van der Waals surface area contributed by atoms with E-state index >= 15 is 0 Å². The van der Waals surface area contributed by atoms with Gasteiger partial charge in [-0.15, -0.1) is 11.3 Å². The Bertz CT molecular complexity index is 1100. The van der Waals surface area contributed by atoms with Crippen LogP contribution < -0.4 is 0 Å². The molecular formula is C25H31NO4S. The molecule has 0 amide bonds. The van der Waals surface area contributed by atoms with Crippen LogP contribution in [0.15, 0.2) is 17.7 Å². The zero-order chi connectivity index (χ0) is 22.5. The summed E-state index contributed by atoms with van der Waals surface area (Å²) in [5.41, 5.74) is 4.53. The van der Waals surface area contributed by atoms with Crippen molar-refractivity contribution in [3.63, 3.8) is 0 Å². The summed E-state index contributed by atoms with van der Waals surface area (Å²) in [7, 11) is 0. The molecule has 2 heterocycles. The van der Waals surface area contributed by atoms with E-state index in [9.17, 15) is 15.0 Å². The van der Waals surface area contributed by atoms with Crippen molar-refractivity contribution in [1.29, 1.82) is 0 Å². The van der Waals surface area contributed by atoms with Crippen molar-refractivity contribution in [2.24, 2.45) is 0 Å². The number of aliphatic hydroxyl groups is 1. The third kappa shape index (κ3) is 4.21. The number of hydrogen-bond donors (Lipinski definition) is 2. The number of rotatable bonds is 4. The predicted molar refractivity (Wildman–Crippen MR) is 125 cm³/mol. The molecule has 4 rings (SSSR count). The highest BCUT2D eigenvalue weighted by molar-refractivity contribution is 7.18. The molecule has 0 unspecified atom stereocenters. The minimum atomic E-state index is -1.16. The molecule has 2 aliphatic carbocycles. The number of carboxylic acid groups (broad SMARTS) is 1. The summed E-state index contributed by atoms with van der Waals surface area (Å²) in [5, 5.41) is 22.2. The van der Waals surface area contributed by atoms with Gasteiger partial charge in [-0.1, -0.05) is 17.7 Å². The Kier molecular flexibility index (Phi) is 5.83. The molecule has 0 saturated carbocycles. The van der Waals surface area contributed by atoms with Gasteiger partial charge < -0.3 is 14.9 Å². The van der Waals surface area contributed by atoms with Crippen LogP contribution in [0.1, 0.15) is 80.3 Å². The maximum Gasteiger partial charge on any atom is 0.337 e. The molecular weight excluding hydrogens is 410 g/mol. The minimum absolute atomic E-state index is 0.540. The van der Waals surface area contributed by atoms with Crippen LogP contribution in [0.3, 0.4) is 0 Å². The average molecular weight is 442 g/mol. The number of ether oxygens (including phenoxy) is 1. The van der Waals surface area contributed by atoms with E-state index in [1.165, 1.54) is 16.9 Å². The maximum atomic E-state index is 12.4. The van der Waals surface area contributed by atoms with E-state index in [1.807, 2.05) is 46.8 Å². The Morgan fingerprint density at radius 3 is 2.58 bits per heavy atom. The molecule has 0 aliphatic heterocycles. The van der Waals surface area contributed by atoms with Crippen LogP contribution in [-0.4, -0.2) is 32.9 Å². The maximum absolute atomic E-state index is 12.4. The monoisotopic (exact) mass is 441 g/mol. The third-order valence-corrected chi connectivity index (χ3v) is 7.19. The van der Waals surface area contributed by atoms with Gasteiger partial charge in [0.15, 0.2) is 6.10 Å². The van der Waals surface area contributed by atoms with Crippen LogP contribution in [0, 0.1) is 6.92 Å². The molecule has 166 valence electrons. The van der Waals surface area contributed by atoms with Crippen molar-refractivity contribution < 1.29 is 19.7 Å². The summed E-state index contributed by atoms with van der Waals surface area (Å²) in [6.07, 6.45) is 6.94. The van der Waals surface area contributed by atoms with Gasteiger partial charge >= 0.3 is 5.97 Å². The molecule has 2 N–H and O–H groups in total. The number of aliphatic carboxylic acids is 1. The molecule has 0 saturated heterocycles. The SMILES string of the molecule is CC1=CC=C(c2c([C@H](OC(C)(C)C)C(=O)O)c(C)nc3sc4c(c23)CCCC4)[C@H](O)C1. The normalized spacial score (nSPS) is 20.3. The lowest BCUT2D eigenvalue weighted by molar-refractivity contribution is -0.160. The molecule has 2 aromatic rings. The van der Waals surface area contributed by atoms with E-state index in [0.717, 1.165) is 46.2 Å². The van der Waals surface area contributed by atoms with Crippen molar-refractivity contribution >= 4 is 33.1 Å². The molecule has 0 radical (unpaired) electrons. The lowest BCUT2D eigenvalue weighted by Gasteiger charge is -2.30. The smallest absolute Gasteiger partial charge is 0.337 e. The zero-order valence-electron chi connectivity index (χ0n) is 18.9. The number of carbonyl (C=O) groups is 1. The summed E-state index contributed by atoms with van der Waals surface area (Å²) in [6, 6.07) is 0. The number of allylic oxidation sites excluding steroid dienone is 2. The summed E-state index contributed by atoms with van der Waals surface area (Å²) < 4.78 is 6.06.